The number of hydrogen-bond acceptors (Lipinski definition) is 2. The van der Waals surface area contributed by atoms with Crippen LogP contribution in [-0.2, 0) is 6.42 Å². The lowest BCUT2D eigenvalue weighted by Crippen LogP contribution is -2.51. The third-order valence-electron chi connectivity index (χ3n) is 4.30. The molecule has 6 N–H and O–H groups in total. The summed E-state index contributed by atoms with van der Waals surface area (Å²) in [6.45, 7) is 4.97. The molecule has 2 unspecified atom stereocenters. The number of guanidine groups is 2. The van der Waals surface area contributed by atoms with Gasteiger partial charge in [0.25, 0.3) is 0 Å². The van der Waals surface area contributed by atoms with E-state index in [1.807, 2.05) is 24.3 Å². The van der Waals surface area contributed by atoms with Crippen molar-refractivity contribution in [1.82, 2.24) is 4.90 Å². The number of rotatable bonds is 3. The van der Waals surface area contributed by atoms with E-state index in [0.717, 1.165) is 24.9 Å². The van der Waals surface area contributed by atoms with Crippen LogP contribution in [0.15, 0.2) is 34.3 Å². The average Bonchev–Trinajstić information content (AvgIpc) is 2.49. The quantitative estimate of drug-likeness (QED) is 0.583. The Morgan fingerprint density at radius 1 is 1.13 bits per heavy atom. The van der Waals surface area contributed by atoms with Gasteiger partial charge in [-0.25, -0.2) is 4.99 Å². The Bertz CT molecular complexity index is 553. The fourth-order valence-electron chi connectivity index (χ4n) is 3.11. The third kappa shape index (κ3) is 4.69. The van der Waals surface area contributed by atoms with Crippen molar-refractivity contribution < 1.29 is 0 Å². The minimum absolute atomic E-state index is 0.180. The zero-order chi connectivity index (χ0) is 16.8. The summed E-state index contributed by atoms with van der Waals surface area (Å²) in [6, 6.07) is 8.59. The molecule has 6 heteroatoms. The van der Waals surface area contributed by atoms with Gasteiger partial charge in [-0.05, 0) is 63.8 Å². The van der Waals surface area contributed by atoms with Crippen molar-refractivity contribution in [3.8, 4) is 0 Å². The summed E-state index contributed by atoms with van der Waals surface area (Å²) in [5.74, 6) is 0.629. The maximum atomic E-state index is 6.15. The zero-order valence-electron chi connectivity index (χ0n) is 14.1. The lowest BCUT2D eigenvalue weighted by atomic mass is 9.98. The highest BCUT2D eigenvalue weighted by molar-refractivity contribution is 5.94. The van der Waals surface area contributed by atoms with Gasteiger partial charge in [0.1, 0.15) is 0 Å². The van der Waals surface area contributed by atoms with Crippen molar-refractivity contribution in [1.29, 1.82) is 0 Å². The van der Waals surface area contributed by atoms with Crippen LogP contribution >= 0.6 is 0 Å². The van der Waals surface area contributed by atoms with E-state index in [1.165, 1.54) is 12.0 Å². The highest BCUT2D eigenvalue weighted by atomic mass is 15.3. The molecule has 1 saturated heterocycles. The first-order valence-electron chi connectivity index (χ1n) is 8.27. The molecule has 0 bridgehead atoms. The Hall–Kier alpha value is -2.08. The molecular weight excluding hydrogens is 288 g/mol. The molecule has 126 valence electrons. The lowest BCUT2D eigenvalue weighted by molar-refractivity contribution is 0.189. The topological polar surface area (TPSA) is 106 Å². The molecule has 6 nitrogen and oxygen atoms in total. The second kappa shape index (κ2) is 7.97. The van der Waals surface area contributed by atoms with Gasteiger partial charge in [0.15, 0.2) is 5.96 Å². The van der Waals surface area contributed by atoms with E-state index < -0.39 is 0 Å². The van der Waals surface area contributed by atoms with Crippen LogP contribution in [0, 0.1) is 0 Å². The molecule has 0 spiro atoms. The maximum Gasteiger partial charge on any atom is 0.223 e. The van der Waals surface area contributed by atoms with Crippen LogP contribution < -0.4 is 17.2 Å². The minimum atomic E-state index is 0.180. The summed E-state index contributed by atoms with van der Waals surface area (Å²) in [6.07, 6.45) is 4.33. The standard InChI is InChI=1S/C17H28N6/c1-12-4-3-5-13(2)23(12)17(20)22-16(19)21-15-8-6-14(7-9-15)10-11-18/h6-9,12-13H,3-5,10-11,18H2,1-2H3,(H4,19,20,21,22). The Morgan fingerprint density at radius 2 is 1.74 bits per heavy atom. The zero-order valence-corrected chi connectivity index (χ0v) is 14.1. The molecule has 1 fully saturated rings. The lowest BCUT2D eigenvalue weighted by Gasteiger charge is -2.39. The van der Waals surface area contributed by atoms with E-state index in [4.69, 9.17) is 17.2 Å². The van der Waals surface area contributed by atoms with E-state index in [2.05, 4.69) is 28.7 Å². The van der Waals surface area contributed by atoms with Crippen molar-refractivity contribution in [3.05, 3.63) is 29.8 Å². The predicted molar refractivity (Wildman–Crippen MR) is 96.7 cm³/mol. The van der Waals surface area contributed by atoms with E-state index in [-0.39, 0.29) is 5.96 Å². The molecule has 0 aliphatic carbocycles. The fourth-order valence-corrected chi connectivity index (χ4v) is 3.11. The highest BCUT2D eigenvalue weighted by Crippen LogP contribution is 2.22. The van der Waals surface area contributed by atoms with Crippen LogP contribution in [0.1, 0.15) is 38.7 Å². The molecule has 1 aliphatic heterocycles. The summed E-state index contributed by atoms with van der Waals surface area (Å²) < 4.78 is 0. The number of benzene rings is 1. The monoisotopic (exact) mass is 316 g/mol. The van der Waals surface area contributed by atoms with E-state index in [9.17, 15) is 0 Å². The van der Waals surface area contributed by atoms with Crippen LogP contribution in [-0.4, -0.2) is 35.4 Å². The normalized spacial score (nSPS) is 23.2. The van der Waals surface area contributed by atoms with Gasteiger partial charge in [-0.15, -0.1) is 0 Å². The predicted octanol–water partition coefficient (Wildman–Crippen LogP) is 1.71. The van der Waals surface area contributed by atoms with E-state index >= 15 is 0 Å². The first kappa shape index (κ1) is 17.3. The maximum absolute atomic E-state index is 6.15. The molecule has 0 amide bonds. The van der Waals surface area contributed by atoms with Gasteiger partial charge < -0.3 is 22.1 Å². The fraction of sp³-hybridized carbons (Fsp3) is 0.529. The molecule has 1 aliphatic rings. The first-order chi connectivity index (χ1) is 11.0. The largest absolute Gasteiger partial charge is 0.369 e. The minimum Gasteiger partial charge on any atom is -0.369 e. The van der Waals surface area contributed by atoms with Gasteiger partial charge >= 0.3 is 0 Å². The van der Waals surface area contributed by atoms with Crippen LogP contribution in [0.3, 0.4) is 0 Å². The molecular formula is C17H28N6. The number of nitrogens with zero attached hydrogens (tertiary/aromatic N) is 3. The number of aliphatic imine (C=N–C) groups is 2. The molecule has 23 heavy (non-hydrogen) atoms. The number of nitrogens with two attached hydrogens (primary N) is 3. The second-order valence-electron chi connectivity index (χ2n) is 6.18. The molecule has 0 radical (unpaired) electrons. The molecule has 2 rings (SSSR count). The molecule has 1 aromatic carbocycles. The summed E-state index contributed by atoms with van der Waals surface area (Å²) in [5.41, 5.74) is 19.6. The average molecular weight is 316 g/mol. The van der Waals surface area contributed by atoms with Crippen molar-refractivity contribution in [2.24, 2.45) is 27.2 Å². The Balaban J connectivity index is 2.10. The molecule has 2 atom stereocenters. The van der Waals surface area contributed by atoms with Gasteiger partial charge in [-0.1, -0.05) is 12.1 Å². The van der Waals surface area contributed by atoms with Gasteiger partial charge in [0.2, 0.25) is 5.96 Å². The van der Waals surface area contributed by atoms with Gasteiger partial charge in [0, 0.05) is 12.1 Å². The van der Waals surface area contributed by atoms with Crippen molar-refractivity contribution in [3.63, 3.8) is 0 Å². The second-order valence-corrected chi connectivity index (χ2v) is 6.18. The van der Waals surface area contributed by atoms with Gasteiger partial charge in [0.05, 0.1) is 5.69 Å². The van der Waals surface area contributed by atoms with E-state index in [0.29, 0.717) is 24.6 Å². The molecule has 1 aromatic rings. The third-order valence-corrected chi connectivity index (χ3v) is 4.30. The first-order valence-corrected chi connectivity index (χ1v) is 8.27. The van der Waals surface area contributed by atoms with Crippen LogP contribution in [0.4, 0.5) is 5.69 Å². The van der Waals surface area contributed by atoms with Gasteiger partial charge in [-0.2, -0.15) is 4.99 Å². The number of likely N-dealkylation sites (tertiary alicyclic amines) is 1. The summed E-state index contributed by atoms with van der Waals surface area (Å²) >= 11 is 0. The van der Waals surface area contributed by atoms with Crippen LogP contribution in [0.25, 0.3) is 0 Å². The van der Waals surface area contributed by atoms with Crippen LogP contribution in [0.5, 0.6) is 0 Å². The van der Waals surface area contributed by atoms with Crippen molar-refractivity contribution in [2.45, 2.75) is 51.6 Å². The summed E-state index contributed by atoms with van der Waals surface area (Å²) in [7, 11) is 0. The Kier molecular flexibility index (Phi) is 5.98. The molecule has 0 saturated carbocycles. The number of piperidine rings is 1. The highest BCUT2D eigenvalue weighted by Gasteiger charge is 2.26. The Labute approximate surface area is 138 Å². The van der Waals surface area contributed by atoms with Crippen LogP contribution in [0.2, 0.25) is 0 Å². The summed E-state index contributed by atoms with van der Waals surface area (Å²) in [5, 5.41) is 0. The Morgan fingerprint density at radius 3 is 2.30 bits per heavy atom. The molecule has 1 heterocycles. The van der Waals surface area contributed by atoms with E-state index in [1.54, 1.807) is 0 Å². The number of hydrogen-bond donors (Lipinski definition) is 3. The van der Waals surface area contributed by atoms with Crippen molar-refractivity contribution in [2.75, 3.05) is 6.54 Å². The SMILES string of the molecule is CC1CCCC(C)N1C(N)=NC(N)=Nc1ccc(CCN)cc1. The summed E-state index contributed by atoms with van der Waals surface area (Å²) in [4.78, 5) is 10.7. The smallest absolute Gasteiger partial charge is 0.223 e. The molecule has 0 aromatic heterocycles. The van der Waals surface area contributed by atoms with Crippen molar-refractivity contribution >= 4 is 17.6 Å². The van der Waals surface area contributed by atoms with Gasteiger partial charge in [-0.3, -0.25) is 0 Å².